The summed E-state index contributed by atoms with van der Waals surface area (Å²) in [5.41, 5.74) is 1.23. The van der Waals surface area contributed by atoms with Gasteiger partial charge < -0.3 is 14.5 Å². The lowest BCUT2D eigenvalue weighted by atomic mass is 10.1. The van der Waals surface area contributed by atoms with E-state index in [0.29, 0.717) is 38.7 Å². The van der Waals surface area contributed by atoms with Crippen molar-refractivity contribution >= 4 is 17.8 Å². The Morgan fingerprint density at radius 3 is 2.31 bits per heavy atom. The molecular formula is C20H26N2O4. The van der Waals surface area contributed by atoms with E-state index in [1.165, 1.54) is 5.56 Å². The summed E-state index contributed by atoms with van der Waals surface area (Å²) >= 11 is 0. The third kappa shape index (κ3) is 4.42. The minimum absolute atomic E-state index is 0.0428. The summed E-state index contributed by atoms with van der Waals surface area (Å²) in [6.07, 6.45) is 1.21. The first-order valence-electron chi connectivity index (χ1n) is 9.37. The minimum atomic E-state index is -0.338. The minimum Gasteiger partial charge on any atom is -0.466 e. The summed E-state index contributed by atoms with van der Waals surface area (Å²) in [4.78, 5) is 39.8. The van der Waals surface area contributed by atoms with Gasteiger partial charge in [0.25, 0.3) is 0 Å². The second kappa shape index (κ2) is 8.34. The van der Waals surface area contributed by atoms with E-state index in [0.717, 1.165) is 6.42 Å². The number of hydrogen-bond donors (Lipinski definition) is 0. The van der Waals surface area contributed by atoms with Crippen LogP contribution in [0.3, 0.4) is 0 Å². The molecule has 2 aliphatic rings. The highest BCUT2D eigenvalue weighted by atomic mass is 16.5. The van der Waals surface area contributed by atoms with E-state index in [4.69, 9.17) is 4.74 Å². The third-order valence-electron chi connectivity index (χ3n) is 5.13. The van der Waals surface area contributed by atoms with Gasteiger partial charge >= 0.3 is 5.97 Å². The topological polar surface area (TPSA) is 66.9 Å². The third-order valence-corrected chi connectivity index (χ3v) is 5.13. The molecule has 0 aromatic heterocycles. The van der Waals surface area contributed by atoms with Crippen LogP contribution in [0, 0.1) is 5.92 Å². The molecule has 2 fully saturated rings. The van der Waals surface area contributed by atoms with Crippen LogP contribution in [-0.4, -0.2) is 60.4 Å². The van der Waals surface area contributed by atoms with Crippen LogP contribution >= 0.6 is 0 Å². The molecule has 6 nitrogen and oxygen atoms in total. The highest BCUT2D eigenvalue weighted by molar-refractivity contribution is 5.84. The number of esters is 1. The summed E-state index contributed by atoms with van der Waals surface area (Å²) in [6.45, 7) is 4.30. The van der Waals surface area contributed by atoms with Gasteiger partial charge in [-0.25, -0.2) is 0 Å². The number of carbonyl (C=O) groups excluding carboxylic acids is 3. The number of benzene rings is 1. The van der Waals surface area contributed by atoms with Crippen molar-refractivity contribution in [2.45, 2.75) is 32.1 Å². The van der Waals surface area contributed by atoms with Crippen LogP contribution in [0.1, 0.15) is 37.7 Å². The number of rotatable bonds is 6. The van der Waals surface area contributed by atoms with Crippen LogP contribution in [0.4, 0.5) is 0 Å². The van der Waals surface area contributed by atoms with E-state index in [9.17, 15) is 14.4 Å². The van der Waals surface area contributed by atoms with E-state index >= 15 is 0 Å². The summed E-state index contributed by atoms with van der Waals surface area (Å²) < 4.78 is 4.85. The Labute approximate surface area is 154 Å². The Morgan fingerprint density at radius 1 is 1.00 bits per heavy atom. The largest absolute Gasteiger partial charge is 0.466 e. The molecule has 2 atom stereocenters. The SMILES string of the molecule is CCOC(=O)CCC(=O)N1CCN(C(=O)C2CC2c2ccccc2)CC1. The Morgan fingerprint density at radius 2 is 1.65 bits per heavy atom. The van der Waals surface area contributed by atoms with Crippen molar-refractivity contribution in [1.29, 1.82) is 0 Å². The maximum atomic E-state index is 12.7. The van der Waals surface area contributed by atoms with Gasteiger partial charge in [-0.05, 0) is 24.8 Å². The molecule has 0 N–H and O–H groups in total. The molecule has 3 rings (SSSR count). The summed E-state index contributed by atoms with van der Waals surface area (Å²) in [7, 11) is 0. The molecule has 2 unspecified atom stereocenters. The lowest BCUT2D eigenvalue weighted by Crippen LogP contribution is -2.51. The van der Waals surface area contributed by atoms with Crippen molar-refractivity contribution in [3.8, 4) is 0 Å². The molecule has 1 aliphatic heterocycles. The zero-order valence-electron chi connectivity index (χ0n) is 15.2. The summed E-state index contributed by atoms with van der Waals surface area (Å²) in [5, 5.41) is 0. The van der Waals surface area contributed by atoms with Gasteiger partial charge in [-0.15, -0.1) is 0 Å². The standard InChI is InChI=1S/C20H26N2O4/c1-2-26-19(24)9-8-18(23)21-10-12-22(13-11-21)20(25)17-14-16(17)15-6-4-3-5-7-15/h3-7,16-17H,2,8-14H2,1H3. The van der Waals surface area contributed by atoms with Crippen molar-refractivity contribution in [3.63, 3.8) is 0 Å². The molecule has 0 bridgehead atoms. The maximum absolute atomic E-state index is 12.7. The highest BCUT2D eigenvalue weighted by Crippen LogP contribution is 2.48. The number of carbonyl (C=O) groups is 3. The molecule has 140 valence electrons. The number of piperazine rings is 1. The molecule has 1 saturated heterocycles. The average Bonchev–Trinajstić information content (AvgIpc) is 3.47. The smallest absolute Gasteiger partial charge is 0.306 e. The highest BCUT2D eigenvalue weighted by Gasteiger charge is 2.46. The second-order valence-corrected chi connectivity index (χ2v) is 6.87. The maximum Gasteiger partial charge on any atom is 0.306 e. The summed E-state index contributed by atoms with van der Waals surface area (Å²) in [6, 6.07) is 10.2. The van der Waals surface area contributed by atoms with Crippen LogP contribution in [0.5, 0.6) is 0 Å². The van der Waals surface area contributed by atoms with Crippen LogP contribution in [0.2, 0.25) is 0 Å². The molecule has 1 aromatic rings. The van der Waals surface area contributed by atoms with E-state index in [2.05, 4.69) is 12.1 Å². The zero-order valence-corrected chi connectivity index (χ0v) is 15.2. The fourth-order valence-electron chi connectivity index (χ4n) is 3.55. The van der Waals surface area contributed by atoms with E-state index < -0.39 is 0 Å². The first-order valence-corrected chi connectivity index (χ1v) is 9.37. The molecule has 0 spiro atoms. The summed E-state index contributed by atoms with van der Waals surface area (Å²) in [5.74, 6) is 0.253. The predicted molar refractivity (Wildman–Crippen MR) is 96.3 cm³/mol. The van der Waals surface area contributed by atoms with Gasteiger partial charge in [0.1, 0.15) is 0 Å². The zero-order chi connectivity index (χ0) is 18.5. The average molecular weight is 358 g/mol. The van der Waals surface area contributed by atoms with Crippen LogP contribution in [0.25, 0.3) is 0 Å². The monoisotopic (exact) mass is 358 g/mol. The van der Waals surface area contributed by atoms with Crippen molar-refractivity contribution in [3.05, 3.63) is 35.9 Å². The van der Waals surface area contributed by atoms with Crippen LogP contribution < -0.4 is 0 Å². The Hall–Kier alpha value is -2.37. The Balaban J connectivity index is 1.42. The van der Waals surface area contributed by atoms with Crippen molar-refractivity contribution in [2.75, 3.05) is 32.8 Å². The molecule has 26 heavy (non-hydrogen) atoms. The lowest BCUT2D eigenvalue weighted by Gasteiger charge is -2.35. The van der Waals surface area contributed by atoms with Gasteiger partial charge in [0.2, 0.25) is 11.8 Å². The predicted octanol–water partition coefficient (Wildman–Crippen LogP) is 1.80. The fraction of sp³-hybridized carbons (Fsp3) is 0.550. The van der Waals surface area contributed by atoms with Gasteiger partial charge in [0.05, 0.1) is 13.0 Å². The second-order valence-electron chi connectivity index (χ2n) is 6.87. The van der Waals surface area contributed by atoms with Crippen LogP contribution in [-0.2, 0) is 19.1 Å². The first kappa shape index (κ1) is 18.4. The first-order chi connectivity index (χ1) is 12.6. The van der Waals surface area contributed by atoms with Crippen molar-refractivity contribution in [1.82, 2.24) is 9.80 Å². The molecule has 2 amide bonds. The quantitative estimate of drug-likeness (QED) is 0.728. The van der Waals surface area contributed by atoms with Crippen molar-refractivity contribution in [2.24, 2.45) is 5.92 Å². The Kier molecular flexibility index (Phi) is 5.91. The molecule has 6 heteroatoms. The Bertz CT molecular complexity index is 653. The lowest BCUT2D eigenvalue weighted by molar-refractivity contribution is -0.146. The molecule has 1 aromatic carbocycles. The molecule has 0 radical (unpaired) electrons. The van der Waals surface area contributed by atoms with Crippen LogP contribution in [0.15, 0.2) is 30.3 Å². The van der Waals surface area contributed by atoms with Gasteiger partial charge in [0.15, 0.2) is 0 Å². The number of nitrogens with zero attached hydrogens (tertiary/aromatic N) is 2. The number of amides is 2. The van der Waals surface area contributed by atoms with Gasteiger partial charge in [-0.3, -0.25) is 14.4 Å². The molecule has 1 aliphatic carbocycles. The molecule has 1 heterocycles. The van der Waals surface area contributed by atoms with E-state index in [-0.39, 0.29) is 36.5 Å². The molecular weight excluding hydrogens is 332 g/mol. The number of ether oxygens (including phenoxy) is 1. The van der Waals surface area contributed by atoms with Gasteiger partial charge in [0, 0.05) is 38.5 Å². The van der Waals surface area contributed by atoms with Gasteiger partial charge in [-0.1, -0.05) is 30.3 Å². The molecule has 1 saturated carbocycles. The van der Waals surface area contributed by atoms with E-state index in [1.807, 2.05) is 23.1 Å². The van der Waals surface area contributed by atoms with Gasteiger partial charge in [-0.2, -0.15) is 0 Å². The van der Waals surface area contributed by atoms with Crippen molar-refractivity contribution < 1.29 is 19.1 Å². The normalized spacial score (nSPS) is 22.0. The van der Waals surface area contributed by atoms with E-state index in [1.54, 1.807) is 11.8 Å². The fourth-order valence-corrected chi connectivity index (χ4v) is 3.55. The number of hydrogen-bond acceptors (Lipinski definition) is 4.